The molecule has 0 aliphatic rings. The molecular weight excluding hydrogens is 256 g/mol. The number of nitrogens with two attached hydrogens (primary N) is 1. The van der Waals surface area contributed by atoms with Gasteiger partial charge in [0, 0.05) is 18.4 Å². The molecule has 0 aliphatic heterocycles. The minimum Gasteiger partial charge on any atom is -0.389 e. The number of aromatic nitrogens is 3. The highest BCUT2D eigenvalue weighted by Crippen LogP contribution is 2.12. The van der Waals surface area contributed by atoms with Crippen molar-refractivity contribution in [2.24, 2.45) is 5.73 Å². The molecule has 0 atom stereocenters. The van der Waals surface area contributed by atoms with E-state index in [2.05, 4.69) is 23.9 Å². The molecule has 0 fully saturated rings. The predicted molar refractivity (Wildman–Crippen MR) is 80.2 cm³/mol. The highest BCUT2D eigenvalue weighted by Gasteiger charge is 2.10. The fraction of sp³-hybridized carbons (Fsp3) is 0.357. The molecule has 5 heteroatoms. The Morgan fingerprint density at radius 2 is 2.00 bits per heavy atom. The van der Waals surface area contributed by atoms with Crippen LogP contribution in [0.25, 0.3) is 0 Å². The minimum absolute atomic E-state index is 0.421. The molecule has 4 nitrogen and oxygen atoms in total. The third-order valence-electron chi connectivity index (χ3n) is 3.03. The van der Waals surface area contributed by atoms with Gasteiger partial charge in [0.1, 0.15) is 10.8 Å². The molecule has 100 valence electrons. The van der Waals surface area contributed by atoms with Gasteiger partial charge in [-0.05, 0) is 5.56 Å². The first-order valence-corrected chi connectivity index (χ1v) is 6.86. The SMILES string of the molecule is CCc1nc(CC)n(Cc2ccccc2C(N)=S)n1. The van der Waals surface area contributed by atoms with E-state index in [1.807, 2.05) is 28.9 Å². The Balaban J connectivity index is 2.35. The number of thiocarbonyl (C=S) groups is 1. The Kier molecular flexibility index (Phi) is 4.27. The lowest BCUT2D eigenvalue weighted by Crippen LogP contribution is -2.15. The molecule has 19 heavy (non-hydrogen) atoms. The summed E-state index contributed by atoms with van der Waals surface area (Å²) in [5, 5.41) is 4.52. The van der Waals surface area contributed by atoms with Crippen molar-refractivity contribution in [2.45, 2.75) is 33.2 Å². The Morgan fingerprint density at radius 1 is 1.26 bits per heavy atom. The first-order chi connectivity index (χ1) is 9.15. The largest absolute Gasteiger partial charge is 0.389 e. The Morgan fingerprint density at radius 3 is 2.63 bits per heavy atom. The molecule has 0 bridgehead atoms. The molecular formula is C14H18N4S. The van der Waals surface area contributed by atoms with Crippen molar-refractivity contribution in [2.75, 3.05) is 0 Å². The molecule has 2 N–H and O–H groups in total. The Bertz CT molecular complexity index is 589. The van der Waals surface area contributed by atoms with Crippen LogP contribution in [0.2, 0.25) is 0 Å². The van der Waals surface area contributed by atoms with Crippen LogP contribution >= 0.6 is 12.2 Å². The fourth-order valence-electron chi connectivity index (χ4n) is 2.02. The first kappa shape index (κ1) is 13.7. The van der Waals surface area contributed by atoms with Gasteiger partial charge in [-0.1, -0.05) is 50.3 Å². The van der Waals surface area contributed by atoms with Gasteiger partial charge in [-0.2, -0.15) is 5.10 Å². The second kappa shape index (κ2) is 5.93. The lowest BCUT2D eigenvalue weighted by atomic mass is 10.1. The summed E-state index contributed by atoms with van der Waals surface area (Å²) in [5.41, 5.74) is 7.75. The van der Waals surface area contributed by atoms with Crippen molar-refractivity contribution in [3.8, 4) is 0 Å². The highest BCUT2D eigenvalue weighted by atomic mass is 32.1. The van der Waals surface area contributed by atoms with Gasteiger partial charge >= 0.3 is 0 Å². The summed E-state index contributed by atoms with van der Waals surface area (Å²) in [4.78, 5) is 4.93. The van der Waals surface area contributed by atoms with Crippen LogP contribution < -0.4 is 5.73 Å². The van der Waals surface area contributed by atoms with Crippen LogP contribution in [0, 0.1) is 0 Å². The zero-order chi connectivity index (χ0) is 13.8. The number of rotatable bonds is 5. The average Bonchev–Trinajstić information content (AvgIpc) is 2.81. The summed E-state index contributed by atoms with van der Waals surface area (Å²) in [5.74, 6) is 1.87. The smallest absolute Gasteiger partial charge is 0.150 e. The van der Waals surface area contributed by atoms with Crippen molar-refractivity contribution in [1.29, 1.82) is 0 Å². The van der Waals surface area contributed by atoms with Crippen LogP contribution in [0.5, 0.6) is 0 Å². The van der Waals surface area contributed by atoms with E-state index in [1.54, 1.807) is 0 Å². The third-order valence-corrected chi connectivity index (χ3v) is 3.25. The number of benzene rings is 1. The lowest BCUT2D eigenvalue weighted by molar-refractivity contribution is 0.636. The average molecular weight is 274 g/mol. The second-order valence-electron chi connectivity index (χ2n) is 4.33. The van der Waals surface area contributed by atoms with Crippen molar-refractivity contribution in [1.82, 2.24) is 14.8 Å². The van der Waals surface area contributed by atoms with E-state index in [-0.39, 0.29) is 0 Å². The summed E-state index contributed by atoms with van der Waals surface area (Å²) >= 11 is 5.09. The van der Waals surface area contributed by atoms with Gasteiger partial charge in [0.2, 0.25) is 0 Å². The standard InChI is InChI=1S/C14H18N4S/c1-3-12-16-13(4-2)18(17-12)9-10-7-5-6-8-11(10)14(15)19/h5-8H,3-4,9H2,1-2H3,(H2,15,19). The van der Waals surface area contributed by atoms with Crippen LogP contribution in [-0.4, -0.2) is 19.8 Å². The van der Waals surface area contributed by atoms with E-state index in [4.69, 9.17) is 18.0 Å². The molecule has 0 radical (unpaired) electrons. The normalized spacial score (nSPS) is 10.6. The molecule has 2 aromatic rings. The monoisotopic (exact) mass is 274 g/mol. The lowest BCUT2D eigenvalue weighted by Gasteiger charge is -2.09. The van der Waals surface area contributed by atoms with Crippen molar-refractivity contribution in [3.63, 3.8) is 0 Å². The van der Waals surface area contributed by atoms with E-state index >= 15 is 0 Å². The van der Waals surface area contributed by atoms with E-state index in [0.29, 0.717) is 11.5 Å². The van der Waals surface area contributed by atoms with E-state index in [9.17, 15) is 0 Å². The van der Waals surface area contributed by atoms with Gasteiger partial charge < -0.3 is 5.73 Å². The summed E-state index contributed by atoms with van der Waals surface area (Å²) in [6.07, 6.45) is 1.71. The Hall–Kier alpha value is -1.75. The summed E-state index contributed by atoms with van der Waals surface area (Å²) in [6, 6.07) is 7.90. The summed E-state index contributed by atoms with van der Waals surface area (Å²) in [7, 11) is 0. The third kappa shape index (κ3) is 2.98. The van der Waals surface area contributed by atoms with Crippen LogP contribution in [0.1, 0.15) is 36.6 Å². The van der Waals surface area contributed by atoms with Gasteiger partial charge in [-0.15, -0.1) is 0 Å². The van der Waals surface area contributed by atoms with Gasteiger partial charge in [-0.25, -0.2) is 9.67 Å². The highest BCUT2D eigenvalue weighted by molar-refractivity contribution is 7.80. The molecule has 1 aromatic carbocycles. The maximum Gasteiger partial charge on any atom is 0.150 e. The molecule has 0 amide bonds. The molecule has 1 aromatic heterocycles. The number of hydrogen-bond donors (Lipinski definition) is 1. The van der Waals surface area contributed by atoms with Crippen LogP contribution in [-0.2, 0) is 19.4 Å². The van der Waals surface area contributed by atoms with Gasteiger partial charge in [0.15, 0.2) is 5.82 Å². The molecule has 2 rings (SSSR count). The molecule has 1 heterocycles. The van der Waals surface area contributed by atoms with Gasteiger partial charge in [0.05, 0.1) is 6.54 Å². The maximum atomic E-state index is 5.76. The van der Waals surface area contributed by atoms with E-state index < -0.39 is 0 Å². The predicted octanol–water partition coefficient (Wildman–Crippen LogP) is 2.09. The van der Waals surface area contributed by atoms with Gasteiger partial charge in [0.25, 0.3) is 0 Å². The van der Waals surface area contributed by atoms with Crippen molar-refractivity contribution < 1.29 is 0 Å². The molecule has 0 unspecified atom stereocenters. The number of hydrogen-bond acceptors (Lipinski definition) is 3. The summed E-state index contributed by atoms with van der Waals surface area (Å²) < 4.78 is 1.94. The van der Waals surface area contributed by atoms with Gasteiger partial charge in [-0.3, -0.25) is 0 Å². The molecule has 0 saturated carbocycles. The number of nitrogens with zero attached hydrogens (tertiary/aromatic N) is 3. The van der Waals surface area contributed by atoms with E-state index in [0.717, 1.165) is 35.6 Å². The van der Waals surface area contributed by atoms with Crippen LogP contribution in [0.15, 0.2) is 24.3 Å². The summed E-state index contributed by atoms with van der Waals surface area (Å²) in [6.45, 7) is 4.80. The zero-order valence-electron chi connectivity index (χ0n) is 11.3. The van der Waals surface area contributed by atoms with Crippen molar-refractivity contribution >= 4 is 17.2 Å². The maximum absolute atomic E-state index is 5.76. The van der Waals surface area contributed by atoms with E-state index in [1.165, 1.54) is 0 Å². The molecule has 0 aliphatic carbocycles. The molecule has 0 spiro atoms. The quantitative estimate of drug-likeness (QED) is 0.848. The molecule has 0 saturated heterocycles. The zero-order valence-corrected chi connectivity index (χ0v) is 12.1. The minimum atomic E-state index is 0.421. The second-order valence-corrected chi connectivity index (χ2v) is 4.77. The van der Waals surface area contributed by atoms with Crippen molar-refractivity contribution in [3.05, 3.63) is 47.0 Å². The first-order valence-electron chi connectivity index (χ1n) is 6.46. The topological polar surface area (TPSA) is 56.7 Å². The van der Waals surface area contributed by atoms with Crippen LogP contribution in [0.4, 0.5) is 0 Å². The fourth-order valence-corrected chi connectivity index (χ4v) is 2.22. The Labute approximate surface area is 118 Å². The number of aryl methyl sites for hydroxylation is 2. The van der Waals surface area contributed by atoms with Crippen LogP contribution in [0.3, 0.4) is 0 Å².